The van der Waals surface area contributed by atoms with Gasteiger partial charge in [0.1, 0.15) is 28.6 Å². The lowest BCUT2D eigenvalue weighted by Crippen LogP contribution is -2.39. The monoisotopic (exact) mass is 396 g/mol. The molecule has 29 heavy (non-hydrogen) atoms. The Labute approximate surface area is 171 Å². The number of ether oxygens (including phenoxy) is 2. The lowest BCUT2D eigenvalue weighted by molar-refractivity contribution is 0.0975. The van der Waals surface area contributed by atoms with Gasteiger partial charge in [0, 0.05) is 17.2 Å². The smallest absolute Gasteiger partial charge is 0.199 e. The number of ketones is 1. The van der Waals surface area contributed by atoms with E-state index in [9.17, 15) is 9.59 Å². The van der Waals surface area contributed by atoms with E-state index in [1.54, 1.807) is 14.2 Å². The highest BCUT2D eigenvalue weighted by Gasteiger charge is 2.47. The van der Waals surface area contributed by atoms with Gasteiger partial charge in [-0.2, -0.15) is 0 Å². The van der Waals surface area contributed by atoms with Gasteiger partial charge < -0.3 is 13.9 Å². The highest BCUT2D eigenvalue weighted by atomic mass is 16.5. The maximum Gasteiger partial charge on any atom is 0.199 e. The molecule has 5 nitrogen and oxygen atoms in total. The minimum Gasteiger partial charge on any atom is -0.500 e. The van der Waals surface area contributed by atoms with Crippen LogP contribution >= 0.6 is 0 Å². The van der Waals surface area contributed by atoms with Crippen LogP contribution < -0.4 is 10.2 Å². The number of carbonyl (C=O) groups is 1. The summed E-state index contributed by atoms with van der Waals surface area (Å²) in [5, 5.41) is 0. The molecule has 0 fully saturated rings. The minimum absolute atomic E-state index is 0.140. The van der Waals surface area contributed by atoms with Gasteiger partial charge in [-0.15, -0.1) is 0 Å². The molecule has 0 aliphatic heterocycles. The van der Waals surface area contributed by atoms with Crippen LogP contribution in [0.4, 0.5) is 0 Å². The number of Topliss-reactive ketones (excluding diaryl/α,β-unsaturated/α-hetero) is 1. The van der Waals surface area contributed by atoms with Crippen LogP contribution in [0.5, 0.6) is 5.75 Å². The molecule has 0 unspecified atom stereocenters. The molecule has 0 radical (unpaired) electrons. The molecule has 3 rings (SSSR count). The number of benzene rings is 1. The van der Waals surface area contributed by atoms with Crippen molar-refractivity contribution in [1.29, 1.82) is 0 Å². The van der Waals surface area contributed by atoms with Crippen molar-refractivity contribution in [2.24, 2.45) is 0 Å². The highest BCUT2D eigenvalue weighted by Crippen LogP contribution is 2.47. The Kier molecular flexibility index (Phi) is 5.69. The van der Waals surface area contributed by atoms with Crippen LogP contribution in [0, 0.1) is 6.92 Å². The summed E-state index contributed by atoms with van der Waals surface area (Å²) in [6.45, 7) is 7.90. The van der Waals surface area contributed by atoms with Gasteiger partial charge in [0.2, 0.25) is 0 Å². The van der Waals surface area contributed by atoms with Crippen LogP contribution in [-0.4, -0.2) is 20.0 Å². The Balaban J connectivity index is 2.34. The molecule has 0 spiro atoms. The van der Waals surface area contributed by atoms with Crippen LogP contribution in [0.3, 0.4) is 0 Å². The van der Waals surface area contributed by atoms with Gasteiger partial charge >= 0.3 is 0 Å². The van der Waals surface area contributed by atoms with Crippen molar-refractivity contribution >= 4 is 5.78 Å². The first-order valence-corrected chi connectivity index (χ1v) is 10.0. The first kappa shape index (κ1) is 20.9. The number of methoxy groups -OCH3 is 2. The second-order valence-electron chi connectivity index (χ2n) is 7.34. The predicted octanol–water partition coefficient (Wildman–Crippen LogP) is 5.19. The summed E-state index contributed by atoms with van der Waals surface area (Å²) in [5.41, 5.74) is 1.46. The van der Waals surface area contributed by atoms with Crippen LogP contribution in [0.1, 0.15) is 61.7 Å². The predicted molar refractivity (Wildman–Crippen MR) is 113 cm³/mol. The zero-order valence-corrected chi connectivity index (χ0v) is 18.0. The number of rotatable bonds is 6. The van der Waals surface area contributed by atoms with Crippen LogP contribution in [0.25, 0.3) is 11.3 Å². The molecule has 0 saturated carbocycles. The van der Waals surface area contributed by atoms with Gasteiger partial charge in [-0.05, 0) is 49.9 Å². The van der Waals surface area contributed by atoms with E-state index in [4.69, 9.17) is 13.9 Å². The van der Waals surface area contributed by atoms with Gasteiger partial charge in [0.05, 0.1) is 19.6 Å². The SMILES string of the molecule is CCC1=C(OC)C(CC)(CC)c2oc(-c3ccc(OC)cc3C)cc(=O)c2C1=O. The van der Waals surface area contributed by atoms with Gasteiger partial charge in [0.15, 0.2) is 11.2 Å². The summed E-state index contributed by atoms with van der Waals surface area (Å²) in [6, 6.07) is 7.01. The molecule has 0 bridgehead atoms. The van der Waals surface area contributed by atoms with Gasteiger partial charge in [0.25, 0.3) is 0 Å². The maximum absolute atomic E-state index is 13.1. The van der Waals surface area contributed by atoms with Gasteiger partial charge in [-0.3, -0.25) is 9.59 Å². The van der Waals surface area contributed by atoms with E-state index in [0.717, 1.165) is 16.9 Å². The molecule has 1 aliphatic carbocycles. The Morgan fingerprint density at radius 3 is 2.21 bits per heavy atom. The molecule has 5 heteroatoms. The standard InChI is InChI=1S/C24H28O5/c1-7-16-21(26)20-18(25)13-19(17-11-10-15(27-5)12-14(17)4)29-23(20)24(8-2,9-3)22(16)28-6/h10-13H,7-9H2,1-6H3. The van der Waals surface area contributed by atoms with Crippen molar-refractivity contribution in [1.82, 2.24) is 0 Å². The number of hydrogen-bond acceptors (Lipinski definition) is 5. The maximum atomic E-state index is 13.1. The largest absolute Gasteiger partial charge is 0.500 e. The molecular weight excluding hydrogens is 368 g/mol. The fourth-order valence-corrected chi connectivity index (χ4v) is 4.40. The first-order chi connectivity index (χ1) is 13.9. The minimum atomic E-state index is -0.640. The molecule has 0 N–H and O–H groups in total. The van der Waals surface area contributed by atoms with Crippen molar-refractivity contribution in [3.63, 3.8) is 0 Å². The van der Waals surface area contributed by atoms with E-state index >= 15 is 0 Å². The van der Waals surface area contributed by atoms with Crippen molar-refractivity contribution in [2.75, 3.05) is 14.2 Å². The summed E-state index contributed by atoms with van der Waals surface area (Å²) >= 11 is 0. The molecule has 2 aromatic rings. The number of allylic oxidation sites excluding steroid dienone is 2. The number of hydrogen-bond donors (Lipinski definition) is 0. The number of carbonyl (C=O) groups excluding carboxylic acids is 1. The third kappa shape index (κ3) is 3.09. The molecule has 1 heterocycles. The Hall–Kier alpha value is -2.82. The van der Waals surface area contributed by atoms with E-state index in [1.165, 1.54) is 6.07 Å². The fourth-order valence-electron chi connectivity index (χ4n) is 4.40. The van der Waals surface area contributed by atoms with Crippen LogP contribution in [0.15, 0.2) is 44.8 Å². The fraction of sp³-hybridized carbons (Fsp3) is 0.417. The van der Waals surface area contributed by atoms with Crippen molar-refractivity contribution < 1.29 is 18.7 Å². The van der Waals surface area contributed by atoms with E-state index in [1.807, 2.05) is 45.9 Å². The summed E-state index contributed by atoms with van der Waals surface area (Å²) in [7, 11) is 3.19. The van der Waals surface area contributed by atoms with Crippen molar-refractivity contribution in [2.45, 2.75) is 52.4 Å². The zero-order chi connectivity index (χ0) is 21.3. The molecule has 1 aromatic heterocycles. The Morgan fingerprint density at radius 1 is 1.00 bits per heavy atom. The lowest BCUT2D eigenvalue weighted by atomic mass is 9.69. The quantitative estimate of drug-likeness (QED) is 0.672. The molecule has 0 saturated heterocycles. The topological polar surface area (TPSA) is 65.7 Å². The number of aryl methyl sites for hydroxylation is 1. The number of fused-ring (bicyclic) bond motifs is 1. The average Bonchev–Trinajstić information content (AvgIpc) is 2.73. The normalized spacial score (nSPS) is 15.3. The van der Waals surface area contributed by atoms with E-state index in [-0.39, 0.29) is 16.8 Å². The Bertz CT molecular complexity index is 1040. The Morgan fingerprint density at radius 2 is 1.69 bits per heavy atom. The molecule has 0 amide bonds. The van der Waals surface area contributed by atoms with Crippen LogP contribution in [0.2, 0.25) is 0 Å². The second-order valence-corrected chi connectivity index (χ2v) is 7.34. The third-order valence-electron chi connectivity index (χ3n) is 6.06. The summed E-state index contributed by atoms with van der Waals surface area (Å²) < 4.78 is 17.4. The average molecular weight is 396 g/mol. The molecule has 0 atom stereocenters. The van der Waals surface area contributed by atoms with Crippen LogP contribution in [-0.2, 0) is 10.2 Å². The van der Waals surface area contributed by atoms with Gasteiger partial charge in [-0.1, -0.05) is 20.8 Å². The third-order valence-corrected chi connectivity index (χ3v) is 6.06. The first-order valence-electron chi connectivity index (χ1n) is 10.0. The zero-order valence-electron chi connectivity index (χ0n) is 18.0. The van der Waals surface area contributed by atoms with Crippen molar-refractivity contribution in [3.8, 4) is 17.1 Å². The molecule has 154 valence electrons. The van der Waals surface area contributed by atoms with Gasteiger partial charge in [-0.25, -0.2) is 0 Å². The van der Waals surface area contributed by atoms with E-state index in [2.05, 4.69) is 0 Å². The second kappa shape index (κ2) is 7.90. The summed E-state index contributed by atoms with van der Waals surface area (Å²) in [4.78, 5) is 26.3. The highest BCUT2D eigenvalue weighted by molar-refractivity contribution is 6.11. The molecular formula is C24H28O5. The lowest BCUT2D eigenvalue weighted by Gasteiger charge is -2.37. The van der Waals surface area contributed by atoms with E-state index < -0.39 is 5.41 Å². The van der Waals surface area contributed by atoms with E-state index in [0.29, 0.717) is 42.1 Å². The molecule has 1 aromatic carbocycles. The summed E-state index contributed by atoms with van der Waals surface area (Å²) in [6.07, 6.45) is 1.82. The summed E-state index contributed by atoms with van der Waals surface area (Å²) in [5.74, 6) is 1.93. The van der Waals surface area contributed by atoms with Crippen molar-refractivity contribution in [3.05, 3.63) is 62.7 Å². The molecule has 1 aliphatic rings.